The first kappa shape index (κ1) is 12.3. The van der Waals surface area contributed by atoms with Crippen molar-refractivity contribution in [2.75, 3.05) is 25.0 Å². The van der Waals surface area contributed by atoms with Crippen molar-refractivity contribution in [1.29, 1.82) is 0 Å². The van der Waals surface area contributed by atoms with Gasteiger partial charge in [-0.25, -0.2) is 0 Å². The van der Waals surface area contributed by atoms with Gasteiger partial charge in [-0.1, -0.05) is 13.8 Å². The topological polar surface area (TPSA) is 41.0 Å². The third kappa shape index (κ3) is 3.40. The minimum Gasteiger partial charge on any atom is -0.358 e. The number of rotatable bonds is 6. The maximum Gasteiger partial charge on any atom is 0.150 e. The van der Waals surface area contributed by atoms with Crippen LogP contribution < -0.4 is 10.2 Å². The number of hydrogen-bond acceptors (Lipinski definition) is 4. The molecule has 1 aromatic rings. The van der Waals surface area contributed by atoms with Crippen LogP contribution in [0.25, 0.3) is 0 Å². The molecule has 1 N–H and O–H groups in total. The van der Waals surface area contributed by atoms with Gasteiger partial charge in [-0.2, -0.15) is 5.10 Å². The highest BCUT2D eigenvalue weighted by atomic mass is 15.2. The second kappa shape index (κ2) is 5.45. The Morgan fingerprint density at radius 2 is 2.18 bits per heavy atom. The lowest BCUT2D eigenvalue weighted by Crippen LogP contribution is -2.22. The third-order valence-electron chi connectivity index (χ3n) is 3.44. The van der Waals surface area contributed by atoms with Crippen molar-refractivity contribution in [1.82, 2.24) is 15.5 Å². The zero-order valence-electron chi connectivity index (χ0n) is 11.0. The van der Waals surface area contributed by atoms with Gasteiger partial charge in [0.2, 0.25) is 0 Å². The molecule has 1 fully saturated rings. The molecule has 0 radical (unpaired) electrons. The molecular formula is C13H22N4. The van der Waals surface area contributed by atoms with Gasteiger partial charge in [0.1, 0.15) is 0 Å². The molecule has 1 aliphatic rings. The van der Waals surface area contributed by atoms with Gasteiger partial charge in [-0.3, -0.25) is 0 Å². The molecule has 0 aromatic carbocycles. The van der Waals surface area contributed by atoms with Gasteiger partial charge < -0.3 is 10.2 Å². The van der Waals surface area contributed by atoms with Gasteiger partial charge in [-0.15, -0.1) is 5.10 Å². The van der Waals surface area contributed by atoms with Crippen molar-refractivity contribution in [2.45, 2.75) is 26.8 Å². The summed E-state index contributed by atoms with van der Waals surface area (Å²) in [6, 6.07) is 4.12. The van der Waals surface area contributed by atoms with Gasteiger partial charge in [0.15, 0.2) is 5.82 Å². The molecule has 2 atom stereocenters. The summed E-state index contributed by atoms with van der Waals surface area (Å²) in [6.45, 7) is 7.26. The van der Waals surface area contributed by atoms with E-state index in [-0.39, 0.29) is 0 Å². The molecule has 1 saturated carbocycles. The van der Waals surface area contributed by atoms with Crippen LogP contribution in [0.15, 0.2) is 12.1 Å². The molecule has 94 valence electrons. The molecule has 2 rings (SSSR count). The van der Waals surface area contributed by atoms with Crippen molar-refractivity contribution < 1.29 is 0 Å². The van der Waals surface area contributed by atoms with E-state index < -0.39 is 0 Å². The van der Waals surface area contributed by atoms with Gasteiger partial charge in [0, 0.05) is 20.1 Å². The Morgan fingerprint density at radius 1 is 1.41 bits per heavy atom. The van der Waals surface area contributed by atoms with E-state index >= 15 is 0 Å². The van der Waals surface area contributed by atoms with Crippen LogP contribution in [0.5, 0.6) is 0 Å². The Kier molecular flexibility index (Phi) is 3.94. The summed E-state index contributed by atoms with van der Waals surface area (Å²) in [5, 5.41) is 11.7. The Hall–Kier alpha value is -1.16. The molecular weight excluding hydrogens is 212 g/mol. The monoisotopic (exact) mass is 234 g/mol. The molecule has 2 unspecified atom stereocenters. The van der Waals surface area contributed by atoms with E-state index in [0.717, 1.165) is 43.0 Å². The lowest BCUT2D eigenvalue weighted by atomic mass is 10.3. The molecule has 1 aliphatic carbocycles. The summed E-state index contributed by atoms with van der Waals surface area (Å²) in [5.74, 6) is 2.71. The predicted octanol–water partition coefficient (Wildman–Crippen LogP) is 1.68. The zero-order valence-corrected chi connectivity index (χ0v) is 11.0. The van der Waals surface area contributed by atoms with Crippen LogP contribution >= 0.6 is 0 Å². The molecule has 0 saturated heterocycles. The molecule has 1 heterocycles. The number of anilines is 1. The van der Waals surface area contributed by atoms with E-state index in [1.807, 2.05) is 0 Å². The highest BCUT2D eigenvalue weighted by Crippen LogP contribution is 2.38. The zero-order chi connectivity index (χ0) is 12.3. The standard InChI is InChI=1S/C13H22N4/c1-4-14-8-12-5-6-13(16-15-12)17(3)9-11-7-10(11)2/h5-6,10-11,14H,4,7-9H2,1-3H3. The minimum atomic E-state index is 0.799. The van der Waals surface area contributed by atoms with Crippen molar-refractivity contribution in [2.24, 2.45) is 11.8 Å². The fourth-order valence-corrected chi connectivity index (χ4v) is 2.00. The maximum atomic E-state index is 4.27. The van der Waals surface area contributed by atoms with E-state index in [0.29, 0.717) is 0 Å². The highest BCUT2D eigenvalue weighted by molar-refractivity contribution is 5.36. The van der Waals surface area contributed by atoms with Gasteiger partial charge >= 0.3 is 0 Å². The normalized spacial score (nSPS) is 22.5. The fourth-order valence-electron chi connectivity index (χ4n) is 2.00. The molecule has 1 aromatic heterocycles. The second-order valence-corrected chi connectivity index (χ2v) is 5.02. The van der Waals surface area contributed by atoms with E-state index in [1.54, 1.807) is 0 Å². The quantitative estimate of drug-likeness (QED) is 0.813. The summed E-state index contributed by atoms with van der Waals surface area (Å²) < 4.78 is 0. The van der Waals surface area contributed by atoms with Gasteiger partial charge in [-0.05, 0) is 36.9 Å². The van der Waals surface area contributed by atoms with E-state index in [9.17, 15) is 0 Å². The first-order valence-corrected chi connectivity index (χ1v) is 6.45. The lowest BCUT2D eigenvalue weighted by molar-refractivity contribution is 0.688. The second-order valence-electron chi connectivity index (χ2n) is 5.02. The van der Waals surface area contributed by atoms with Crippen LogP contribution in [-0.2, 0) is 6.54 Å². The predicted molar refractivity (Wildman–Crippen MR) is 70.0 cm³/mol. The molecule has 4 heteroatoms. The van der Waals surface area contributed by atoms with E-state index in [2.05, 4.69) is 53.4 Å². The molecule has 4 nitrogen and oxygen atoms in total. The summed E-state index contributed by atoms with van der Waals surface area (Å²) in [7, 11) is 2.10. The first-order chi connectivity index (χ1) is 8.20. The molecule has 0 bridgehead atoms. The van der Waals surface area contributed by atoms with Crippen LogP contribution in [0, 0.1) is 11.8 Å². The van der Waals surface area contributed by atoms with Crippen molar-refractivity contribution >= 4 is 5.82 Å². The largest absolute Gasteiger partial charge is 0.358 e. The lowest BCUT2D eigenvalue weighted by Gasteiger charge is -2.17. The van der Waals surface area contributed by atoms with Crippen LogP contribution in [0.4, 0.5) is 5.82 Å². The summed E-state index contributed by atoms with van der Waals surface area (Å²) in [6.07, 6.45) is 1.36. The fraction of sp³-hybridized carbons (Fsp3) is 0.692. The highest BCUT2D eigenvalue weighted by Gasteiger charge is 2.33. The molecule has 0 spiro atoms. The maximum absolute atomic E-state index is 4.27. The Labute approximate surface area is 103 Å². The van der Waals surface area contributed by atoms with Gasteiger partial charge in [0.05, 0.1) is 5.69 Å². The SMILES string of the molecule is CCNCc1ccc(N(C)CC2CC2C)nn1. The van der Waals surface area contributed by atoms with Crippen molar-refractivity contribution in [3.63, 3.8) is 0 Å². The number of aromatic nitrogens is 2. The number of hydrogen-bond donors (Lipinski definition) is 1. The first-order valence-electron chi connectivity index (χ1n) is 6.45. The Balaban J connectivity index is 1.87. The summed E-state index contributed by atoms with van der Waals surface area (Å²) >= 11 is 0. The summed E-state index contributed by atoms with van der Waals surface area (Å²) in [5.41, 5.74) is 1.00. The molecule has 17 heavy (non-hydrogen) atoms. The smallest absolute Gasteiger partial charge is 0.150 e. The summed E-state index contributed by atoms with van der Waals surface area (Å²) in [4.78, 5) is 2.21. The van der Waals surface area contributed by atoms with Gasteiger partial charge in [0.25, 0.3) is 0 Å². The van der Waals surface area contributed by atoms with Crippen LogP contribution in [-0.4, -0.2) is 30.3 Å². The number of nitrogens with one attached hydrogen (secondary N) is 1. The van der Waals surface area contributed by atoms with Crippen molar-refractivity contribution in [3.05, 3.63) is 17.8 Å². The van der Waals surface area contributed by atoms with E-state index in [4.69, 9.17) is 0 Å². The average molecular weight is 234 g/mol. The minimum absolute atomic E-state index is 0.799. The molecule has 0 amide bonds. The Morgan fingerprint density at radius 3 is 2.71 bits per heavy atom. The average Bonchev–Trinajstić information content (AvgIpc) is 3.03. The molecule has 0 aliphatic heterocycles. The Bertz CT molecular complexity index is 349. The van der Waals surface area contributed by atoms with E-state index in [1.165, 1.54) is 6.42 Å². The van der Waals surface area contributed by atoms with Crippen LogP contribution in [0.3, 0.4) is 0 Å². The number of nitrogens with zero attached hydrogens (tertiary/aromatic N) is 3. The van der Waals surface area contributed by atoms with Crippen LogP contribution in [0.2, 0.25) is 0 Å². The third-order valence-corrected chi connectivity index (χ3v) is 3.44. The van der Waals surface area contributed by atoms with Crippen molar-refractivity contribution in [3.8, 4) is 0 Å². The van der Waals surface area contributed by atoms with Crippen LogP contribution in [0.1, 0.15) is 26.0 Å².